The van der Waals surface area contributed by atoms with Crippen LogP contribution >= 0.6 is 11.6 Å². The third-order valence-electron chi connectivity index (χ3n) is 4.26. The lowest BCUT2D eigenvalue weighted by Crippen LogP contribution is -2.25. The fourth-order valence-corrected chi connectivity index (χ4v) is 3.05. The van der Waals surface area contributed by atoms with Crippen molar-refractivity contribution in [3.8, 4) is 0 Å². The van der Waals surface area contributed by atoms with Crippen LogP contribution in [0.25, 0.3) is 0 Å². The van der Waals surface area contributed by atoms with Crippen molar-refractivity contribution in [2.45, 2.75) is 26.2 Å². The summed E-state index contributed by atoms with van der Waals surface area (Å²) in [5.41, 5.74) is 3.32. The number of amides is 1. The van der Waals surface area contributed by atoms with E-state index in [0.29, 0.717) is 19.8 Å². The lowest BCUT2D eigenvalue weighted by molar-refractivity contribution is -0.120. The van der Waals surface area contributed by atoms with Gasteiger partial charge in [0.2, 0.25) is 5.91 Å². The SMILES string of the molecule is O=C(Cc1c(F)cccc1Cl)NCc1cccc(COCc2ccccc2)c1. The highest BCUT2D eigenvalue weighted by Crippen LogP contribution is 2.19. The Morgan fingerprint density at radius 3 is 2.36 bits per heavy atom. The zero-order valence-electron chi connectivity index (χ0n) is 15.3. The summed E-state index contributed by atoms with van der Waals surface area (Å²) < 4.78 is 19.5. The molecule has 0 saturated carbocycles. The first-order valence-electron chi connectivity index (χ1n) is 9.01. The van der Waals surface area contributed by atoms with Crippen LogP contribution < -0.4 is 5.32 Å². The molecule has 28 heavy (non-hydrogen) atoms. The van der Waals surface area contributed by atoms with Gasteiger partial charge in [-0.25, -0.2) is 4.39 Å². The molecule has 5 heteroatoms. The van der Waals surface area contributed by atoms with E-state index in [1.165, 1.54) is 12.1 Å². The molecule has 3 nitrogen and oxygen atoms in total. The predicted molar refractivity (Wildman–Crippen MR) is 108 cm³/mol. The van der Waals surface area contributed by atoms with E-state index >= 15 is 0 Å². The van der Waals surface area contributed by atoms with Gasteiger partial charge < -0.3 is 10.1 Å². The van der Waals surface area contributed by atoms with Crippen molar-refractivity contribution in [2.24, 2.45) is 0 Å². The van der Waals surface area contributed by atoms with Crippen LogP contribution in [0.4, 0.5) is 4.39 Å². The lowest BCUT2D eigenvalue weighted by Gasteiger charge is -2.09. The summed E-state index contributed by atoms with van der Waals surface area (Å²) in [6.45, 7) is 1.39. The Morgan fingerprint density at radius 2 is 1.57 bits per heavy atom. The van der Waals surface area contributed by atoms with Crippen LogP contribution in [-0.4, -0.2) is 5.91 Å². The van der Waals surface area contributed by atoms with E-state index in [1.807, 2.05) is 54.6 Å². The molecule has 1 N–H and O–H groups in total. The van der Waals surface area contributed by atoms with E-state index in [0.717, 1.165) is 16.7 Å². The standard InChI is InChI=1S/C23H21ClFNO2/c24-21-10-5-11-22(25)20(21)13-23(27)26-14-18-8-4-9-19(12-18)16-28-15-17-6-2-1-3-7-17/h1-12H,13-16H2,(H,26,27). The van der Waals surface area contributed by atoms with Crippen molar-refractivity contribution in [3.63, 3.8) is 0 Å². The van der Waals surface area contributed by atoms with Crippen molar-refractivity contribution in [2.75, 3.05) is 0 Å². The van der Waals surface area contributed by atoms with E-state index in [1.54, 1.807) is 6.07 Å². The molecule has 0 atom stereocenters. The number of rotatable bonds is 8. The van der Waals surface area contributed by atoms with Gasteiger partial charge in [0.25, 0.3) is 0 Å². The minimum atomic E-state index is -0.472. The van der Waals surface area contributed by atoms with Crippen LogP contribution in [0.15, 0.2) is 72.8 Å². The average Bonchev–Trinajstić information content (AvgIpc) is 2.70. The number of hydrogen-bond acceptors (Lipinski definition) is 2. The van der Waals surface area contributed by atoms with E-state index < -0.39 is 5.82 Å². The highest BCUT2D eigenvalue weighted by atomic mass is 35.5. The molecular formula is C23H21ClFNO2. The fourth-order valence-electron chi connectivity index (χ4n) is 2.82. The summed E-state index contributed by atoms with van der Waals surface area (Å²) in [6, 6.07) is 22.2. The number of carbonyl (C=O) groups is 1. The van der Waals surface area contributed by atoms with Gasteiger partial charge in [0.1, 0.15) is 5.82 Å². The molecule has 0 unspecified atom stereocenters. The third-order valence-corrected chi connectivity index (χ3v) is 4.61. The largest absolute Gasteiger partial charge is 0.372 e. The first-order valence-corrected chi connectivity index (χ1v) is 9.38. The van der Waals surface area contributed by atoms with Crippen LogP contribution in [-0.2, 0) is 35.7 Å². The van der Waals surface area contributed by atoms with Gasteiger partial charge in [0.05, 0.1) is 19.6 Å². The number of nitrogens with one attached hydrogen (secondary N) is 1. The highest BCUT2D eigenvalue weighted by Gasteiger charge is 2.11. The Labute approximate surface area is 169 Å². The summed E-state index contributed by atoms with van der Waals surface area (Å²) in [5, 5.41) is 3.06. The second-order valence-corrected chi connectivity index (χ2v) is 6.86. The van der Waals surface area contributed by atoms with Crippen LogP contribution in [0.2, 0.25) is 5.02 Å². The number of benzene rings is 3. The fraction of sp³-hybridized carbons (Fsp3) is 0.174. The van der Waals surface area contributed by atoms with Gasteiger partial charge >= 0.3 is 0 Å². The molecular weight excluding hydrogens is 377 g/mol. The summed E-state index contributed by atoms with van der Waals surface area (Å²) in [6.07, 6.45) is -0.0919. The Morgan fingerprint density at radius 1 is 0.893 bits per heavy atom. The van der Waals surface area contributed by atoms with Crippen molar-refractivity contribution in [1.82, 2.24) is 5.32 Å². The van der Waals surface area contributed by atoms with Crippen LogP contribution in [0.5, 0.6) is 0 Å². The predicted octanol–water partition coefficient (Wildman–Crippen LogP) is 5.05. The van der Waals surface area contributed by atoms with Crippen LogP contribution in [0.3, 0.4) is 0 Å². The van der Waals surface area contributed by atoms with Crippen molar-refractivity contribution in [3.05, 3.63) is 106 Å². The zero-order valence-corrected chi connectivity index (χ0v) is 16.1. The molecule has 0 bridgehead atoms. The van der Waals surface area contributed by atoms with Gasteiger partial charge in [-0.15, -0.1) is 0 Å². The minimum Gasteiger partial charge on any atom is -0.372 e. The molecule has 3 aromatic rings. The Balaban J connectivity index is 1.49. The molecule has 0 aliphatic carbocycles. The van der Waals surface area contributed by atoms with E-state index in [4.69, 9.17) is 16.3 Å². The van der Waals surface area contributed by atoms with Gasteiger partial charge in [-0.2, -0.15) is 0 Å². The van der Waals surface area contributed by atoms with E-state index in [2.05, 4.69) is 5.32 Å². The van der Waals surface area contributed by atoms with Gasteiger partial charge in [-0.1, -0.05) is 72.3 Å². The Kier molecular flexibility index (Phi) is 7.18. The van der Waals surface area contributed by atoms with Crippen molar-refractivity contribution >= 4 is 17.5 Å². The molecule has 0 aliphatic heterocycles. The topological polar surface area (TPSA) is 38.3 Å². The molecule has 0 saturated heterocycles. The maximum atomic E-state index is 13.8. The molecule has 0 heterocycles. The van der Waals surface area contributed by atoms with E-state index in [-0.39, 0.29) is 22.9 Å². The molecule has 0 radical (unpaired) electrons. The van der Waals surface area contributed by atoms with Gasteiger partial charge in [0, 0.05) is 17.1 Å². The second-order valence-electron chi connectivity index (χ2n) is 6.45. The molecule has 144 valence electrons. The first kappa shape index (κ1) is 20.1. The first-order chi connectivity index (χ1) is 13.6. The van der Waals surface area contributed by atoms with Crippen molar-refractivity contribution < 1.29 is 13.9 Å². The second kappa shape index (κ2) is 10.0. The molecule has 1 amide bonds. The average molecular weight is 398 g/mol. The molecule has 0 spiro atoms. The smallest absolute Gasteiger partial charge is 0.224 e. The highest BCUT2D eigenvalue weighted by molar-refractivity contribution is 6.31. The quantitative estimate of drug-likeness (QED) is 0.577. The number of carbonyl (C=O) groups excluding carboxylic acids is 1. The number of halogens is 2. The van der Waals surface area contributed by atoms with Crippen molar-refractivity contribution in [1.29, 1.82) is 0 Å². The summed E-state index contributed by atoms with van der Waals surface area (Å²) in [7, 11) is 0. The summed E-state index contributed by atoms with van der Waals surface area (Å²) >= 11 is 5.97. The van der Waals surface area contributed by atoms with Gasteiger partial charge in [-0.3, -0.25) is 4.79 Å². The van der Waals surface area contributed by atoms with Gasteiger partial charge in [-0.05, 0) is 28.8 Å². The molecule has 0 fully saturated rings. The maximum Gasteiger partial charge on any atom is 0.224 e. The monoisotopic (exact) mass is 397 g/mol. The number of ether oxygens (including phenoxy) is 1. The molecule has 0 aliphatic rings. The van der Waals surface area contributed by atoms with Gasteiger partial charge in [0.15, 0.2) is 0 Å². The third kappa shape index (κ3) is 5.91. The summed E-state index contributed by atoms with van der Waals surface area (Å²) in [5.74, 6) is -0.752. The number of hydrogen-bond donors (Lipinski definition) is 1. The zero-order chi connectivity index (χ0) is 19.8. The normalized spacial score (nSPS) is 10.6. The summed E-state index contributed by atoms with van der Waals surface area (Å²) in [4.78, 5) is 12.1. The molecule has 0 aromatic heterocycles. The maximum absolute atomic E-state index is 13.8. The molecule has 3 aromatic carbocycles. The van der Waals surface area contributed by atoms with E-state index in [9.17, 15) is 9.18 Å². The lowest BCUT2D eigenvalue weighted by atomic mass is 10.1. The molecule has 3 rings (SSSR count). The minimum absolute atomic E-state index is 0.0919. The van der Waals surface area contributed by atoms with Crippen LogP contribution in [0.1, 0.15) is 22.3 Å². The Bertz CT molecular complexity index is 911. The Hall–Kier alpha value is -2.69. The van der Waals surface area contributed by atoms with Crippen LogP contribution in [0, 0.1) is 5.82 Å².